The molecule has 0 radical (unpaired) electrons. The highest BCUT2D eigenvalue weighted by atomic mass is 32.1. The van der Waals surface area contributed by atoms with Crippen LogP contribution in [0.15, 0.2) is 30.3 Å². The molecule has 3 heterocycles. The summed E-state index contributed by atoms with van der Waals surface area (Å²) in [4.78, 5) is 24.4. The van der Waals surface area contributed by atoms with Gasteiger partial charge in [0.2, 0.25) is 0 Å². The van der Waals surface area contributed by atoms with E-state index in [9.17, 15) is 4.79 Å². The molecule has 1 atom stereocenters. The fourth-order valence-electron chi connectivity index (χ4n) is 3.72. The van der Waals surface area contributed by atoms with Gasteiger partial charge in [0, 0.05) is 18.7 Å². The van der Waals surface area contributed by atoms with Crippen molar-refractivity contribution in [3.05, 3.63) is 52.7 Å². The Labute approximate surface area is 168 Å². The lowest BCUT2D eigenvalue weighted by Gasteiger charge is -2.22. The van der Waals surface area contributed by atoms with Crippen molar-refractivity contribution in [2.45, 2.75) is 45.6 Å². The lowest BCUT2D eigenvalue weighted by molar-refractivity contribution is -0.120. The number of thiazole rings is 1. The Bertz CT molecular complexity index is 1040. The maximum atomic E-state index is 12.9. The topological polar surface area (TPSA) is 69.9 Å². The van der Waals surface area contributed by atoms with Gasteiger partial charge in [0.1, 0.15) is 0 Å². The number of anilines is 1. The minimum Gasteiger partial charge on any atom is -0.338 e. The second kappa shape index (κ2) is 7.69. The molecule has 5 nitrogen and oxygen atoms in total. The number of fused-ring (bicyclic) bond motifs is 1. The van der Waals surface area contributed by atoms with Gasteiger partial charge in [-0.25, -0.2) is 4.98 Å². The molecule has 1 saturated heterocycles. The summed E-state index contributed by atoms with van der Waals surface area (Å²) in [6.07, 6.45) is 3.02. The van der Waals surface area contributed by atoms with Crippen LogP contribution in [0.4, 0.5) is 5.13 Å². The Kier molecular flexibility index (Phi) is 5.10. The van der Waals surface area contributed by atoms with Crippen LogP contribution in [0, 0.1) is 25.2 Å². The molecule has 0 aliphatic carbocycles. The molecule has 142 valence electrons. The molecular formula is C22H22N4OS. The van der Waals surface area contributed by atoms with E-state index in [1.807, 2.05) is 25.1 Å². The molecule has 1 fully saturated rings. The number of carbonyl (C=O) groups is 1. The first-order valence-electron chi connectivity index (χ1n) is 9.58. The number of aryl methyl sites for hydroxylation is 3. The Morgan fingerprint density at radius 2 is 2.18 bits per heavy atom. The van der Waals surface area contributed by atoms with Crippen molar-refractivity contribution in [1.82, 2.24) is 9.97 Å². The quantitative estimate of drug-likeness (QED) is 0.648. The molecule has 1 aliphatic heterocycles. The minimum absolute atomic E-state index is 0.109. The molecule has 2 aromatic heterocycles. The first kappa shape index (κ1) is 18.6. The molecule has 0 bridgehead atoms. The SMILES string of the molecule is Cc1cc2sc(N3CCC[C@@H]3C(=O)CCc3cccc(C#N)c3)nc2nc1C. The number of pyridine rings is 1. The molecule has 1 aliphatic rings. The van der Waals surface area contributed by atoms with E-state index in [1.54, 1.807) is 17.4 Å². The van der Waals surface area contributed by atoms with E-state index in [1.165, 1.54) is 0 Å². The highest BCUT2D eigenvalue weighted by Crippen LogP contribution is 2.34. The zero-order valence-electron chi connectivity index (χ0n) is 16.1. The summed E-state index contributed by atoms with van der Waals surface area (Å²) in [5.74, 6) is 0.249. The highest BCUT2D eigenvalue weighted by Gasteiger charge is 2.32. The largest absolute Gasteiger partial charge is 0.338 e. The van der Waals surface area contributed by atoms with Crippen LogP contribution in [0.25, 0.3) is 10.3 Å². The Morgan fingerprint density at radius 1 is 1.32 bits per heavy atom. The molecule has 1 aromatic carbocycles. The predicted molar refractivity (Wildman–Crippen MR) is 112 cm³/mol. The van der Waals surface area contributed by atoms with Gasteiger partial charge in [-0.05, 0) is 62.4 Å². The van der Waals surface area contributed by atoms with Crippen LogP contribution in [0.5, 0.6) is 0 Å². The molecule has 4 rings (SSSR count). The average molecular weight is 391 g/mol. The van der Waals surface area contributed by atoms with E-state index in [4.69, 9.17) is 10.2 Å². The van der Waals surface area contributed by atoms with Gasteiger partial charge in [0.05, 0.1) is 22.4 Å². The third-order valence-corrected chi connectivity index (χ3v) is 6.43. The number of ketones is 1. The molecule has 3 aromatic rings. The summed E-state index contributed by atoms with van der Waals surface area (Å²) >= 11 is 1.62. The fourth-order valence-corrected chi connectivity index (χ4v) is 4.80. The maximum Gasteiger partial charge on any atom is 0.188 e. The van der Waals surface area contributed by atoms with E-state index < -0.39 is 0 Å². The second-order valence-corrected chi connectivity index (χ2v) is 8.35. The molecule has 0 saturated carbocycles. The van der Waals surface area contributed by atoms with Crippen molar-refractivity contribution < 1.29 is 4.79 Å². The number of carbonyl (C=O) groups excluding carboxylic acids is 1. The number of benzene rings is 1. The Morgan fingerprint density at radius 3 is 3.00 bits per heavy atom. The van der Waals surface area contributed by atoms with E-state index in [2.05, 4.69) is 28.9 Å². The summed E-state index contributed by atoms with van der Waals surface area (Å²) in [6, 6.07) is 11.7. The molecule has 6 heteroatoms. The number of nitrogens with zero attached hydrogens (tertiary/aromatic N) is 4. The van der Waals surface area contributed by atoms with Crippen LogP contribution in [0.1, 0.15) is 41.6 Å². The molecule has 0 spiro atoms. The summed E-state index contributed by atoms with van der Waals surface area (Å²) < 4.78 is 1.07. The van der Waals surface area contributed by atoms with Crippen molar-refractivity contribution in [1.29, 1.82) is 5.26 Å². The molecule has 0 amide bonds. The van der Waals surface area contributed by atoms with E-state index in [0.717, 1.165) is 51.7 Å². The number of rotatable bonds is 5. The van der Waals surface area contributed by atoms with Gasteiger partial charge in [-0.15, -0.1) is 0 Å². The first-order valence-corrected chi connectivity index (χ1v) is 10.4. The van der Waals surface area contributed by atoms with Crippen LogP contribution in [-0.2, 0) is 11.2 Å². The van der Waals surface area contributed by atoms with Gasteiger partial charge in [0.25, 0.3) is 0 Å². The average Bonchev–Trinajstić information content (AvgIpc) is 3.33. The van der Waals surface area contributed by atoms with Crippen molar-refractivity contribution in [3.8, 4) is 6.07 Å². The van der Waals surface area contributed by atoms with Crippen molar-refractivity contribution >= 4 is 32.6 Å². The number of nitriles is 1. The smallest absolute Gasteiger partial charge is 0.188 e. The van der Waals surface area contributed by atoms with Gasteiger partial charge in [-0.1, -0.05) is 23.5 Å². The number of hydrogen-bond acceptors (Lipinski definition) is 6. The third-order valence-electron chi connectivity index (χ3n) is 5.40. The Balaban J connectivity index is 1.50. The second-order valence-electron chi connectivity index (χ2n) is 7.34. The van der Waals surface area contributed by atoms with Gasteiger partial charge >= 0.3 is 0 Å². The van der Waals surface area contributed by atoms with Crippen LogP contribution in [0.2, 0.25) is 0 Å². The van der Waals surface area contributed by atoms with Crippen LogP contribution < -0.4 is 4.90 Å². The zero-order chi connectivity index (χ0) is 19.7. The summed E-state index contributed by atoms with van der Waals surface area (Å²) in [7, 11) is 0. The fraction of sp³-hybridized carbons (Fsp3) is 0.364. The highest BCUT2D eigenvalue weighted by molar-refractivity contribution is 7.22. The van der Waals surface area contributed by atoms with Crippen molar-refractivity contribution in [3.63, 3.8) is 0 Å². The van der Waals surface area contributed by atoms with E-state index in [0.29, 0.717) is 18.4 Å². The molecule has 0 N–H and O–H groups in total. The standard InChI is InChI=1S/C22H22N4OS/c1-14-11-20-21(24-15(14)2)25-22(28-20)26-10-4-7-18(26)19(27)9-8-16-5-3-6-17(12-16)13-23/h3,5-6,11-12,18H,4,7-10H2,1-2H3/t18-/m1/s1. The molecule has 28 heavy (non-hydrogen) atoms. The van der Waals surface area contributed by atoms with Gasteiger partial charge in [0.15, 0.2) is 16.6 Å². The number of aromatic nitrogens is 2. The van der Waals surface area contributed by atoms with Crippen LogP contribution >= 0.6 is 11.3 Å². The van der Waals surface area contributed by atoms with E-state index in [-0.39, 0.29) is 11.8 Å². The van der Waals surface area contributed by atoms with Gasteiger partial charge < -0.3 is 4.90 Å². The first-order chi connectivity index (χ1) is 13.5. The predicted octanol–water partition coefficient (Wildman–Crippen LogP) is 4.35. The zero-order valence-corrected chi connectivity index (χ0v) is 16.9. The van der Waals surface area contributed by atoms with E-state index >= 15 is 0 Å². The summed E-state index contributed by atoms with van der Waals surface area (Å²) in [5, 5.41) is 9.93. The van der Waals surface area contributed by atoms with Crippen molar-refractivity contribution in [2.75, 3.05) is 11.4 Å². The number of Topliss-reactive ketones (excluding diaryl/α,β-unsaturated/α-hetero) is 1. The number of hydrogen-bond donors (Lipinski definition) is 0. The lowest BCUT2D eigenvalue weighted by atomic mass is 10.0. The van der Waals surface area contributed by atoms with Crippen LogP contribution in [-0.4, -0.2) is 28.3 Å². The minimum atomic E-state index is -0.109. The molecular weight excluding hydrogens is 368 g/mol. The molecule has 0 unspecified atom stereocenters. The normalized spacial score (nSPS) is 16.5. The van der Waals surface area contributed by atoms with Gasteiger partial charge in [-0.3, -0.25) is 4.79 Å². The summed E-state index contributed by atoms with van der Waals surface area (Å²) in [6.45, 7) is 4.92. The lowest BCUT2D eigenvalue weighted by Crippen LogP contribution is -2.36. The Hall–Kier alpha value is -2.78. The summed E-state index contributed by atoms with van der Waals surface area (Å²) in [5.41, 5.74) is 4.61. The third kappa shape index (κ3) is 3.63. The van der Waals surface area contributed by atoms with Gasteiger partial charge in [-0.2, -0.15) is 10.2 Å². The van der Waals surface area contributed by atoms with Crippen LogP contribution in [0.3, 0.4) is 0 Å². The maximum absolute atomic E-state index is 12.9. The van der Waals surface area contributed by atoms with Crippen molar-refractivity contribution in [2.24, 2.45) is 0 Å². The monoisotopic (exact) mass is 390 g/mol.